The van der Waals surface area contributed by atoms with Gasteiger partial charge in [-0.2, -0.15) is 0 Å². The Balaban J connectivity index is 1.91. The van der Waals surface area contributed by atoms with Gasteiger partial charge in [0.05, 0.1) is 6.61 Å². The lowest BCUT2D eigenvalue weighted by molar-refractivity contribution is 0.0961. The van der Waals surface area contributed by atoms with Gasteiger partial charge in [-0.15, -0.1) is 0 Å². The minimum atomic E-state index is -0.0170. The first-order chi connectivity index (χ1) is 8.06. The molecule has 0 heterocycles. The molecule has 100 valence electrons. The summed E-state index contributed by atoms with van der Waals surface area (Å²) in [5.41, 5.74) is -0.0170. The number of nitrogens with zero attached hydrogens (tertiary/aromatic N) is 1. The molecule has 0 amide bonds. The molecule has 2 aliphatic rings. The van der Waals surface area contributed by atoms with Crippen LogP contribution in [0.3, 0.4) is 0 Å². The standard InChI is InChI=1S/C14H28N2O/c1-11(2)15-14(10-17)8-7-13(9-14)16(3)12-5-4-6-12/h11-13,15,17H,4-10H2,1-3H3. The molecule has 2 atom stereocenters. The summed E-state index contributed by atoms with van der Waals surface area (Å²) in [6, 6.07) is 1.93. The molecule has 0 aromatic carbocycles. The van der Waals surface area contributed by atoms with Crippen molar-refractivity contribution in [3.8, 4) is 0 Å². The van der Waals surface area contributed by atoms with E-state index in [1.54, 1.807) is 0 Å². The molecule has 2 fully saturated rings. The smallest absolute Gasteiger partial charge is 0.0614 e. The minimum absolute atomic E-state index is 0.0170. The van der Waals surface area contributed by atoms with Gasteiger partial charge in [0.25, 0.3) is 0 Å². The highest BCUT2D eigenvalue weighted by atomic mass is 16.3. The van der Waals surface area contributed by atoms with E-state index < -0.39 is 0 Å². The van der Waals surface area contributed by atoms with Gasteiger partial charge in [0.15, 0.2) is 0 Å². The van der Waals surface area contributed by atoms with Crippen molar-refractivity contribution in [2.24, 2.45) is 0 Å². The highest BCUT2D eigenvalue weighted by molar-refractivity contribution is 5.01. The number of aliphatic hydroxyl groups excluding tert-OH is 1. The summed E-state index contributed by atoms with van der Waals surface area (Å²) >= 11 is 0. The number of aliphatic hydroxyl groups is 1. The summed E-state index contributed by atoms with van der Waals surface area (Å²) in [5, 5.41) is 13.3. The van der Waals surface area contributed by atoms with Gasteiger partial charge in [0, 0.05) is 23.7 Å². The second-order valence-electron chi connectivity index (χ2n) is 6.38. The van der Waals surface area contributed by atoms with Gasteiger partial charge in [-0.25, -0.2) is 0 Å². The van der Waals surface area contributed by atoms with Gasteiger partial charge in [-0.1, -0.05) is 20.3 Å². The van der Waals surface area contributed by atoms with Crippen molar-refractivity contribution in [3.63, 3.8) is 0 Å². The van der Waals surface area contributed by atoms with Gasteiger partial charge in [-0.3, -0.25) is 0 Å². The van der Waals surface area contributed by atoms with Crippen molar-refractivity contribution in [3.05, 3.63) is 0 Å². The Hall–Kier alpha value is -0.120. The van der Waals surface area contributed by atoms with E-state index in [0.717, 1.165) is 18.9 Å². The van der Waals surface area contributed by atoms with Crippen LogP contribution in [-0.4, -0.2) is 47.3 Å². The predicted octanol–water partition coefficient (Wildman–Crippen LogP) is 1.75. The van der Waals surface area contributed by atoms with Crippen molar-refractivity contribution >= 4 is 0 Å². The average molecular weight is 240 g/mol. The molecule has 2 unspecified atom stereocenters. The lowest BCUT2D eigenvalue weighted by Crippen LogP contribution is -2.51. The van der Waals surface area contributed by atoms with Crippen molar-refractivity contribution in [1.82, 2.24) is 10.2 Å². The Kier molecular flexibility index (Phi) is 4.11. The van der Waals surface area contributed by atoms with Crippen LogP contribution >= 0.6 is 0 Å². The molecular formula is C14H28N2O. The molecule has 0 aromatic rings. The fourth-order valence-electron chi connectivity index (χ4n) is 3.47. The molecule has 17 heavy (non-hydrogen) atoms. The Labute approximate surface area is 106 Å². The minimum Gasteiger partial charge on any atom is -0.394 e. The van der Waals surface area contributed by atoms with E-state index in [4.69, 9.17) is 0 Å². The second-order valence-corrected chi connectivity index (χ2v) is 6.38. The van der Waals surface area contributed by atoms with Crippen LogP contribution in [0.5, 0.6) is 0 Å². The third kappa shape index (κ3) is 2.83. The molecule has 2 N–H and O–H groups in total. The van der Waals surface area contributed by atoms with Gasteiger partial charge in [0.2, 0.25) is 0 Å². The van der Waals surface area contributed by atoms with E-state index in [9.17, 15) is 5.11 Å². The Morgan fingerprint density at radius 2 is 2.00 bits per heavy atom. The lowest BCUT2D eigenvalue weighted by Gasteiger charge is -2.39. The summed E-state index contributed by atoms with van der Waals surface area (Å²) in [7, 11) is 2.28. The molecule has 0 saturated heterocycles. The predicted molar refractivity (Wildman–Crippen MR) is 71.1 cm³/mol. The van der Waals surface area contributed by atoms with E-state index in [-0.39, 0.29) is 12.1 Å². The molecular weight excluding hydrogens is 212 g/mol. The summed E-state index contributed by atoms with van der Waals surface area (Å²) < 4.78 is 0. The zero-order chi connectivity index (χ0) is 12.5. The normalized spacial score (nSPS) is 34.6. The third-order valence-electron chi connectivity index (χ3n) is 4.71. The zero-order valence-corrected chi connectivity index (χ0v) is 11.6. The third-order valence-corrected chi connectivity index (χ3v) is 4.71. The van der Waals surface area contributed by atoms with Crippen molar-refractivity contribution in [1.29, 1.82) is 0 Å². The second kappa shape index (κ2) is 5.25. The maximum atomic E-state index is 9.69. The van der Waals surface area contributed by atoms with Crippen LogP contribution in [0.15, 0.2) is 0 Å². The van der Waals surface area contributed by atoms with Crippen molar-refractivity contribution < 1.29 is 5.11 Å². The summed E-state index contributed by atoms with van der Waals surface area (Å²) in [5.74, 6) is 0. The lowest BCUT2D eigenvalue weighted by atomic mass is 9.90. The summed E-state index contributed by atoms with van der Waals surface area (Å²) in [6.45, 7) is 4.61. The molecule has 3 nitrogen and oxygen atoms in total. The summed E-state index contributed by atoms with van der Waals surface area (Å²) in [4.78, 5) is 2.57. The fourth-order valence-corrected chi connectivity index (χ4v) is 3.47. The number of hydrogen-bond acceptors (Lipinski definition) is 3. The number of nitrogens with one attached hydrogen (secondary N) is 1. The van der Waals surface area contributed by atoms with Gasteiger partial charge in [0.1, 0.15) is 0 Å². The average Bonchev–Trinajstić information content (AvgIpc) is 2.59. The van der Waals surface area contributed by atoms with Crippen LogP contribution in [0.1, 0.15) is 52.4 Å². The van der Waals surface area contributed by atoms with E-state index in [1.165, 1.54) is 25.7 Å². The SMILES string of the molecule is CC(C)NC1(CO)CCC(N(C)C2CCC2)C1. The molecule has 0 bridgehead atoms. The first kappa shape index (κ1) is 13.3. The van der Waals surface area contributed by atoms with Crippen LogP contribution < -0.4 is 5.32 Å². The maximum Gasteiger partial charge on any atom is 0.0614 e. The van der Waals surface area contributed by atoms with Gasteiger partial charge >= 0.3 is 0 Å². The van der Waals surface area contributed by atoms with E-state index >= 15 is 0 Å². The van der Waals surface area contributed by atoms with Crippen LogP contribution in [0.2, 0.25) is 0 Å². The highest BCUT2D eigenvalue weighted by Gasteiger charge is 2.42. The molecule has 2 aliphatic carbocycles. The zero-order valence-electron chi connectivity index (χ0n) is 11.6. The molecule has 3 heteroatoms. The van der Waals surface area contributed by atoms with Crippen molar-refractivity contribution in [2.75, 3.05) is 13.7 Å². The maximum absolute atomic E-state index is 9.69. The fraction of sp³-hybridized carbons (Fsp3) is 1.00. The topological polar surface area (TPSA) is 35.5 Å². The van der Waals surface area contributed by atoms with Crippen LogP contribution in [0.4, 0.5) is 0 Å². The molecule has 0 spiro atoms. The largest absolute Gasteiger partial charge is 0.394 e. The van der Waals surface area contributed by atoms with Crippen LogP contribution in [-0.2, 0) is 0 Å². The van der Waals surface area contributed by atoms with E-state index in [0.29, 0.717) is 12.1 Å². The van der Waals surface area contributed by atoms with E-state index in [2.05, 4.69) is 31.1 Å². The van der Waals surface area contributed by atoms with Crippen LogP contribution in [0, 0.1) is 0 Å². The molecule has 2 rings (SSSR count). The quantitative estimate of drug-likeness (QED) is 0.768. The molecule has 0 aromatic heterocycles. The number of rotatable bonds is 5. The summed E-state index contributed by atoms with van der Waals surface area (Å²) in [6.07, 6.45) is 7.59. The Morgan fingerprint density at radius 3 is 2.47 bits per heavy atom. The highest BCUT2D eigenvalue weighted by Crippen LogP contribution is 2.36. The number of hydrogen-bond donors (Lipinski definition) is 2. The molecule has 0 aliphatic heterocycles. The molecule has 2 saturated carbocycles. The van der Waals surface area contributed by atoms with Gasteiger partial charge < -0.3 is 15.3 Å². The first-order valence-corrected chi connectivity index (χ1v) is 7.17. The van der Waals surface area contributed by atoms with Crippen LogP contribution in [0.25, 0.3) is 0 Å². The van der Waals surface area contributed by atoms with Crippen molar-refractivity contribution in [2.45, 2.75) is 76.0 Å². The first-order valence-electron chi connectivity index (χ1n) is 7.17. The molecule has 0 radical (unpaired) electrons. The monoisotopic (exact) mass is 240 g/mol. The Bertz CT molecular complexity index is 253. The van der Waals surface area contributed by atoms with E-state index in [1.807, 2.05) is 0 Å². The Morgan fingerprint density at radius 1 is 1.29 bits per heavy atom. The van der Waals surface area contributed by atoms with Gasteiger partial charge in [-0.05, 0) is 39.2 Å².